The van der Waals surface area contributed by atoms with Gasteiger partial charge in [0.1, 0.15) is 0 Å². The van der Waals surface area contributed by atoms with Gasteiger partial charge in [0.25, 0.3) is 0 Å². The van der Waals surface area contributed by atoms with Crippen molar-refractivity contribution in [2.45, 2.75) is 44.1 Å². The lowest BCUT2D eigenvalue weighted by Gasteiger charge is -2.41. The highest BCUT2D eigenvalue weighted by Gasteiger charge is 2.40. The molecule has 0 aromatic carbocycles. The van der Waals surface area contributed by atoms with E-state index in [0.717, 1.165) is 34.9 Å². The topological polar surface area (TPSA) is 20.3 Å². The summed E-state index contributed by atoms with van der Waals surface area (Å²) in [5.74, 6) is 0.353. The van der Waals surface area contributed by atoms with E-state index in [1.54, 1.807) is 0 Å². The Morgan fingerprint density at radius 3 is 2.50 bits per heavy atom. The van der Waals surface area contributed by atoms with Gasteiger partial charge in [-0.15, -0.1) is 11.3 Å². The summed E-state index contributed by atoms with van der Waals surface area (Å²) in [6, 6.07) is 3.84. The van der Waals surface area contributed by atoms with Crippen LogP contribution in [0, 0.1) is 0 Å². The summed E-state index contributed by atoms with van der Waals surface area (Å²) in [7, 11) is 4.06. The third-order valence-corrected chi connectivity index (χ3v) is 5.25. The predicted molar refractivity (Wildman–Crippen MR) is 77.5 cm³/mol. The molecule has 0 spiro atoms. The van der Waals surface area contributed by atoms with Crippen LogP contribution in [-0.2, 0) is 11.2 Å². The number of rotatable bonds is 4. The Labute approximate surface area is 118 Å². The Bertz CT molecular complexity index is 421. The molecule has 18 heavy (non-hydrogen) atoms. The Morgan fingerprint density at radius 2 is 2.00 bits per heavy atom. The average Bonchev–Trinajstić information content (AvgIpc) is 2.75. The summed E-state index contributed by atoms with van der Waals surface area (Å²) in [4.78, 5) is 15.9. The molecule has 1 aliphatic carbocycles. The van der Waals surface area contributed by atoms with Crippen LogP contribution in [0.25, 0.3) is 0 Å². The number of ketones is 1. The number of halogens is 1. The summed E-state index contributed by atoms with van der Waals surface area (Å²) >= 11 is 7.44. The Kier molecular flexibility index (Phi) is 4.46. The Morgan fingerprint density at radius 1 is 1.33 bits per heavy atom. The Balaban J connectivity index is 2.13. The largest absolute Gasteiger partial charge is 0.297 e. The van der Waals surface area contributed by atoms with Crippen molar-refractivity contribution >= 4 is 28.7 Å². The van der Waals surface area contributed by atoms with Gasteiger partial charge in [-0.3, -0.25) is 9.69 Å². The lowest BCUT2D eigenvalue weighted by Crippen LogP contribution is -2.53. The zero-order valence-corrected chi connectivity index (χ0v) is 12.6. The monoisotopic (exact) mass is 285 g/mol. The molecular formula is C14H20ClNOS. The van der Waals surface area contributed by atoms with Crippen LogP contribution in [0.5, 0.6) is 0 Å². The maximum atomic E-state index is 12.7. The zero-order valence-electron chi connectivity index (χ0n) is 11.0. The minimum absolute atomic E-state index is 0.241. The van der Waals surface area contributed by atoms with Crippen molar-refractivity contribution in [2.75, 3.05) is 14.1 Å². The van der Waals surface area contributed by atoms with E-state index in [4.69, 9.17) is 11.6 Å². The van der Waals surface area contributed by atoms with E-state index in [2.05, 4.69) is 4.90 Å². The van der Waals surface area contributed by atoms with E-state index in [-0.39, 0.29) is 5.54 Å². The summed E-state index contributed by atoms with van der Waals surface area (Å²) in [5.41, 5.74) is -0.241. The van der Waals surface area contributed by atoms with E-state index >= 15 is 0 Å². The number of carbonyl (C=O) groups is 1. The van der Waals surface area contributed by atoms with E-state index < -0.39 is 0 Å². The highest BCUT2D eigenvalue weighted by Crippen LogP contribution is 2.34. The fraction of sp³-hybridized carbons (Fsp3) is 0.643. The number of nitrogens with zero attached hydrogens (tertiary/aromatic N) is 1. The smallest absolute Gasteiger partial charge is 0.158 e. The van der Waals surface area contributed by atoms with E-state index in [1.807, 2.05) is 26.2 Å². The number of thiophene rings is 1. The van der Waals surface area contributed by atoms with Crippen molar-refractivity contribution in [1.82, 2.24) is 4.90 Å². The molecule has 1 fully saturated rings. The molecule has 2 rings (SSSR count). The molecule has 1 aromatic heterocycles. The quantitative estimate of drug-likeness (QED) is 0.839. The van der Waals surface area contributed by atoms with Crippen LogP contribution >= 0.6 is 22.9 Å². The molecule has 0 atom stereocenters. The molecule has 100 valence electrons. The average molecular weight is 286 g/mol. The first-order chi connectivity index (χ1) is 8.54. The maximum Gasteiger partial charge on any atom is 0.158 e. The second-order valence-electron chi connectivity index (χ2n) is 5.29. The fourth-order valence-corrected chi connectivity index (χ4v) is 3.97. The van der Waals surface area contributed by atoms with Gasteiger partial charge in [0.15, 0.2) is 5.78 Å². The van der Waals surface area contributed by atoms with Crippen LogP contribution in [-0.4, -0.2) is 30.3 Å². The van der Waals surface area contributed by atoms with Crippen molar-refractivity contribution in [2.24, 2.45) is 0 Å². The van der Waals surface area contributed by atoms with Crippen molar-refractivity contribution in [3.63, 3.8) is 0 Å². The van der Waals surface area contributed by atoms with Crippen LogP contribution in [0.15, 0.2) is 12.1 Å². The zero-order chi connectivity index (χ0) is 13.2. The molecule has 4 heteroatoms. The highest BCUT2D eigenvalue weighted by atomic mass is 35.5. The number of hydrogen-bond acceptors (Lipinski definition) is 3. The molecule has 0 saturated heterocycles. The molecule has 1 heterocycles. The van der Waals surface area contributed by atoms with Crippen LogP contribution in [0.2, 0.25) is 4.34 Å². The molecular weight excluding hydrogens is 266 g/mol. The Hall–Kier alpha value is -0.380. The third-order valence-electron chi connectivity index (χ3n) is 4.02. The number of carbonyl (C=O) groups excluding carboxylic acids is 1. The van der Waals surface area contributed by atoms with Gasteiger partial charge in [-0.25, -0.2) is 0 Å². The van der Waals surface area contributed by atoms with E-state index in [1.165, 1.54) is 17.8 Å². The molecule has 0 N–H and O–H groups in total. The number of likely N-dealkylation sites (N-methyl/N-ethyl adjacent to an activating group) is 1. The normalized spacial score (nSPS) is 19.1. The second kappa shape index (κ2) is 5.72. The summed E-state index contributed by atoms with van der Waals surface area (Å²) in [6.45, 7) is 0. The van der Waals surface area contributed by atoms with E-state index in [0.29, 0.717) is 12.2 Å². The van der Waals surface area contributed by atoms with Gasteiger partial charge >= 0.3 is 0 Å². The number of hydrogen-bond donors (Lipinski definition) is 0. The molecule has 1 aromatic rings. The van der Waals surface area contributed by atoms with E-state index in [9.17, 15) is 4.79 Å². The maximum absolute atomic E-state index is 12.7. The lowest BCUT2D eigenvalue weighted by molar-refractivity contribution is -0.131. The molecule has 0 bridgehead atoms. The van der Waals surface area contributed by atoms with Gasteiger partial charge in [0, 0.05) is 11.3 Å². The van der Waals surface area contributed by atoms with Crippen molar-refractivity contribution in [3.05, 3.63) is 21.3 Å². The molecule has 0 radical (unpaired) electrons. The first-order valence-corrected chi connectivity index (χ1v) is 7.69. The first-order valence-electron chi connectivity index (χ1n) is 6.49. The minimum Gasteiger partial charge on any atom is -0.297 e. The van der Waals surface area contributed by atoms with Gasteiger partial charge in [-0.2, -0.15) is 0 Å². The van der Waals surface area contributed by atoms with Gasteiger partial charge < -0.3 is 0 Å². The van der Waals surface area contributed by atoms with Gasteiger partial charge in [-0.05, 0) is 39.1 Å². The summed E-state index contributed by atoms with van der Waals surface area (Å²) < 4.78 is 0.764. The summed E-state index contributed by atoms with van der Waals surface area (Å²) in [6.07, 6.45) is 6.10. The second-order valence-corrected chi connectivity index (χ2v) is 7.09. The highest BCUT2D eigenvalue weighted by molar-refractivity contribution is 7.16. The van der Waals surface area contributed by atoms with Gasteiger partial charge in [0.2, 0.25) is 0 Å². The first kappa shape index (κ1) is 14.0. The van der Waals surface area contributed by atoms with Crippen molar-refractivity contribution in [3.8, 4) is 0 Å². The number of Topliss-reactive ketones (excluding diaryl/α,β-unsaturated/α-hetero) is 1. The van der Waals surface area contributed by atoms with Crippen molar-refractivity contribution < 1.29 is 4.79 Å². The predicted octanol–water partition coefficient (Wildman–Crippen LogP) is 3.78. The SMILES string of the molecule is CN(C)C1(C(=O)Cc2ccc(Cl)s2)CCCCC1. The molecule has 0 amide bonds. The fourth-order valence-electron chi connectivity index (χ4n) is 2.88. The third kappa shape index (κ3) is 2.79. The molecule has 0 unspecified atom stereocenters. The van der Waals surface area contributed by atoms with Gasteiger partial charge in [-0.1, -0.05) is 30.9 Å². The molecule has 1 saturated carbocycles. The molecule has 2 nitrogen and oxygen atoms in total. The van der Waals surface area contributed by atoms with Crippen LogP contribution in [0.4, 0.5) is 0 Å². The van der Waals surface area contributed by atoms with Crippen LogP contribution < -0.4 is 0 Å². The van der Waals surface area contributed by atoms with Crippen molar-refractivity contribution in [1.29, 1.82) is 0 Å². The molecule has 1 aliphatic rings. The standard InChI is InChI=1S/C14H20ClNOS/c1-16(2)14(8-4-3-5-9-14)12(17)10-11-6-7-13(15)18-11/h6-7H,3-5,8-10H2,1-2H3. The molecule has 0 aliphatic heterocycles. The van der Waals surface area contributed by atoms with Crippen LogP contribution in [0.3, 0.4) is 0 Å². The van der Waals surface area contributed by atoms with Crippen LogP contribution in [0.1, 0.15) is 37.0 Å². The van der Waals surface area contributed by atoms with Gasteiger partial charge in [0.05, 0.1) is 9.88 Å². The minimum atomic E-state index is -0.241. The lowest BCUT2D eigenvalue weighted by atomic mass is 9.76. The summed E-state index contributed by atoms with van der Waals surface area (Å²) in [5, 5.41) is 0.